The first kappa shape index (κ1) is 10.3. The first-order valence-electron chi connectivity index (χ1n) is 4.67. The van der Waals surface area contributed by atoms with Gasteiger partial charge in [0.25, 0.3) is 0 Å². The summed E-state index contributed by atoms with van der Waals surface area (Å²) in [6.07, 6.45) is 0.538. The highest BCUT2D eigenvalue weighted by Gasteiger charge is 2.11. The van der Waals surface area contributed by atoms with E-state index in [0.717, 1.165) is 22.2 Å². The summed E-state index contributed by atoms with van der Waals surface area (Å²) in [5.74, 6) is 0. The molecule has 0 atom stereocenters. The maximum atomic E-state index is 8.84. The zero-order chi connectivity index (χ0) is 10.8. The van der Waals surface area contributed by atoms with E-state index in [1.165, 1.54) is 11.3 Å². The SMILES string of the molecule is Cc1csc(-n2nnc(CCO)c2C)n1. The van der Waals surface area contributed by atoms with E-state index in [0.29, 0.717) is 6.42 Å². The molecule has 1 N–H and O–H groups in total. The average Bonchev–Trinajstić information content (AvgIpc) is 2.76. The summed E-state index contributed by atoms with van der Waals surface area (Å²) in [6.45, 7) is 3.97. The largest absolute Gasteiger partial charge is 0.396 e. The number of nitrogens with zero attached hydrogens (tertiary/aromatic N) is 4. The van der Waals surface area contributed by atoms with Crippen LogP contribution in [0.4, 0.5) is 0 Å². The minimum absolute atomic E-state index is 0.0937. The number of aliphatic hydroxyl groups excluding tert-OH is 1. The van der Waals surface area contributed by atoms with E-state index < -0.39 is 0 Å². The second-order valence-corrected chi connectivity index (χ2v) is 4.11. The van der Waals surface area contributed by atoms with Crippen LogP contribution in [0.3, 0.4) is 0 Å². The third kappa shape index (κ3) is 1.91. The van der Waals surface area contributed by atoms with Crippen LogP contribution in [-0.2, 0) is 6.42 Å². The molecule has 0 aliphatic carbocycles. The number of hydrogen-bond acceptors (Lipinski definition) is 5. The molecule has 6 heteroatoms. The molecule has 0 aliphatic heterocycles. The maximum Gasteiger partial charge on any atom is 0.212 e. The van der Waals surface area contributed by atoms with Crippen LogP contribution in [0.2, 0.25) is 0 Å². The molecule has 15 heavy (non-hydrogen) atoms. The van der Waals surface area contributed by atoms with E-state index in [2.05, 4.69) is 15.3 Å². The highest BCUT2D eigenvalue weighted by atomic mass is 32.1. The van der Waals surface area contributed by atoms with Crippen molar-refractivity contribution in [2.75, 3.05) is 6.61 Å². The average molecular weight is 224 g/mol. The minimum Gasteiger partial charge on any atom is -0.396 e. The molecule has 0 aliphatic rings. The molecular weight excluding hydrogens is 212 g/mol. The number of hydrogen-bond donors (Lipinski definition) is 1. The van der Waals surface area contributed by atoms with Crippen molar-refractivity contribution in [1.82, 2.24) is 20.0 Å². The van der Waals surface area contributed by atoms with Gasteiger partial charge in [0.2, 0.25) is 5.13 Å². The quantitative estimate of drug-likeness (QED) is 0.840. The Labute approximate surface area is 91.4 Å². The molecule has 2 heterocycles. The standard InChI is InChI=1S/C9H12N4OS/c1-6-5-15-9(10-6)13-7(2)8(3-4-14)11-12-13/h5,14H,3-4H2,1-2H3. The summed E-state index contributed by atoms with van der Waals surface area (Å²) in [5, 5.41) is 19.7. The summed E-state index contributed by atoms with van der Waals surface area (Å²) >= 11 is 1.54. The minimum atomic E-state index is 0.0937. The number of aliphatic hydroxyl groups is 1. The van der Waals surface area contributed by atoms with Gasteiger partial charge in [0.05, 0.1) is 17.1 Å². The molecule has 0 unspecified atom stereocenters. The fourth-order valence-electron chi connectivity index (χ4n) is 1.32. The molecule has 0 saturated heterocycles. The maximum absolute atomic E-state index is 8.84. The zero-order valence-corrected chi connectivity index (χ0v) is 9.45. The van der Waals surface area contributed by atoms with E-state index in [-0.39, 0.29) is 6.61 Å². The van der Waals surface area contributed by atoms with E-state index in [9.17, 15) is 0 Å². The second kappa shape index (κ2) is 4.08. The van der Waals surface area contributed by atoms with Crippen LogP contribution in [-0.4, -0.2) is 31.7 Å². The lowest BCUT2D eigenvalue weighted by molar-refractivity contribution is 0.298. The molecule has 2 rings (SSSR count). The molecule has 0 bridgehead atoms. The second-order valence-electron chi connectivity index (χ2n) is 3.28. The van der Waals surface area contributed by atoms with Crippen molar-refractivity contribution in [3.63, 3.8) is 0 Å². The Morgan fingerprint density at radius 2 is 2.27 bits per heavy atom. The van der Waals surface area contributed by atoms with Gasteiger partial charge in [-0.05, 0) is 13.8 Å². The molecule has 2 aromatic rings. The molecule has 2 aromatic heterocycles. The summed E-state index contributed by atoms with van der Waals surface area (Å²) in [5.41, 5.74) is 2.75. The molecule has 0 saturated carbocycles. The molecule has 0 spiro atoms. The van der Waals surface area contributed by atoms with Gasteiger partial charge in [-0.2, -0.15) is 4.68 Å². The van der Waals surface area contributed by atoms with Crippen molar-refractivity contribution >= 4 is 11.3 Å². The summed E-state index contributed by atoms with van der Waals surface area (Å²) in [7, 11) is 0. The Morgan fingerprint density at radius 3 is 2.87 bits per heavy atom. The normalized spacial score (nSPS) is 10.9. The van der Waals surface area contributed by atoms with Gasteiger partial charge in [-0.15, -0.1) is 16.4 Å². The van der Waals surface area contributed by atoms with E-state index in [4.69, 9.17) is 5.11 Å². The fourth-order valence-corrected chi connectivity index (χ4v) is 2.12. The Morgan fingerprint density at radius 1 is 1.47 bits per heavy atom. The van der Waals surface area contributed by atoms with Crippen molar-refractivity contribution in [1.29, 1.82) is 0 Å². The van der Waals surface area contributed by atoms with E-state index >= 15 is 0 Å². The first-order chi connectivity index (χ1) is 7.22. The lowest BCUT2D eigenvalue weighted by Gasteiger charge is -1.97. The van der Waals surface area contributed by atoms with Crippen molar-refractivity contribution < 1.29 is 5.11 Å². The first-order valence-corrected chi connectivity index (χ1v) is 5.55. The highest BCUT2D eigenvalue weighted by molar-refractivity contribution is 7.12. The van der Waals surface area contributed by atoms with E-state index in [1.54, 1.807) is 4.68 Å². The van der Waals surface area contributed by atoms with Crippen LogP contribution >= 0.6 is 11.3 Å². The van der Waals surface area contributed by atoms with Crippen LogP contribution in [0.15, 0.2) is 5.38 Å². The third-order valence-electron chi connectivity index (χ3n) is 2.13. The van der Waals surface area contributed by atoms with E-state index in [1.807, 2.05) is 19.2 Å². The van der Waals surface area contributed by atoms with Crippen LogP contribution < -0.4 is 0 Å². The smallest absolute Gasteiger partial charge is 0.212 e. The Bertz CT molecular complexity index is 462. The number of thiazole rings is 1. The molecular formula is C9H12N4OS. The number of rotatable bonds is 3. The van der Waals surface area contributed by atoms with Crippen LogP contribution in [0.5, 0.6) is 0 Å². The van der Waals surface area contributed by atoms with Gasteiger partial charge in [0.15, 0.2) is 0 Å². The monoisotopic (exact) mass is 224 g/mol. The predicted octanol–water partition coefficient (Wildman–Crippen LogP) is 0.875. The van der Waals surface area contributed by atoms with Crippen molar-refractivity contribution in [3.05, 3.63) is 22.5 Å². The van der Waals surface area contributed by atoms with Gasteiger partial charge in [-0.1, -0.05) is 5.21 Å². The topological polar surface area (TPSA) is 63.8 Å². The van der Waals surface area contributed by atoms with Crippen LogP contribution in [0.1, 0.15) is 17.1 Å². The molecule has 80 valence electrons. The number of aromatic nitrogens is 4. The fraction of sp³-hybridized carbons (Fsp3) is 0.444. The summed E-state index contributed by atoms with van der Waals surface area (Å²) in [6, 6.07) is 0. The summed E-state index contributed by atoms with van der Waals surface area (Å²) in [4.78, 5) is 4.33. The zero-order valence-electron chi connectivity index (χ0n) is 8.64. The lowest BCUT2D eigenvalue weighted by Crippen LogP contribution is -1.99. The molecule has 0 amide bonds. The lowest BCUT2D eigenvalue weighted by atomic mass is 10.3. The number of aryl methyl sites for hydroxylation is 1. The Balaban J connectivity index is 2.37. The van der Waals surface area contributed by atoms with Gasteiger partial charge < -0.3 is 5.11 Å². The van der Waals surface area contributed by atoms with Gasteiger partial charge in [-0.3, -0.25) is 0 Å². The Hall–Kier alpha value is -1.27. The molecule has 5 nitrogen and oxygen atoms in total. The molecule has 0 radical (unpaired) electrons. The van der Waals surface area contributed by atoms with Crippen LogP contribution in [0, 0.1) is 13.8 Å². The Kier molecular flexibility index (Phi) is 2.79. The molecule has 0 aromatic carbocycles. The predicted molar refractivity (Wildman–Crippen MR) is 57.3 cm³/mol. The highest BCUT2D eigenvalue weighted by Crippen LogP contribution is 2.16. The van der Waals surface area contributed by atoms with Gasteiger partial charge in [0, 0.05) is 18.4 Å². The molecule has 0 fully saturated rings. The third-order valence-corrected chi connectivity index (χ3v) is 3.06. The van der Waals surface area contributed by atoms with Crippen molar-refractivity contribution in [2.45, 2.75) is 20.3 Å². The van der Waals surface area contributed by atoms with Crippen molar-refractivity contribution in [2.24, 2.45) is 0 Å². The summed E-state index contributed by atoms with van der Waals surface area (Å²) < 4.78 is 1.71. The van der Waals surface area contributed by atoms with Crippen molar-refractivity contribution in [3.8, 4) is 5.13 Å². The van der Waals surface area contributed by atoms with Gasteiger partial charge in [-0.25, -0.2) is 4.98 Å². The van der Waals surface area contributed by atoms with Crippen LogP contribution in [0.25, 0.3) is 5.13 Å². The van der Waals surface area contributed by atoms with Gasteiger partial charge in [0.1, 0.15) is 0 Å². The van der Waals surface area contributed by atoms with Gasteiger partial charge >= 0.3 is 0 Å².